The Balaban J connectivity index is 2.15. The van der Waals surface area contributed by atoms with Gasteiger partial charge in [-0.2, -0.15) is 0 Å². The van der Waals surface area contributed by atoms with E-state index in [-0.39, 0.29) is 28.8 Å². The summed E-state index contributed by atoms with van der Waals surface area (Å²) >= 11 is 5.31. The average Bonchev–Trinajstić information content (AvgIpc) is 3.05. The molecule has 2 aliphatic carbocycles. The zero-order chi connectivity index (χ0) is 18.0. The van der Waals surface area contributed by atoms with Crippen molar-refractivity contribution in [2.75, 3.05) is 14.1 Å². The molecule has 4 nitrogen and oxygen atoms in total. The van der Waals surface area contributed by atoms with Crippen molar-refractivity contribution in [3.05, 3.63) is 48.6 Å². The fourth-order valence-electron chi connectivity index (χ4n) is 4.20. The lowest BCUT2D eigenvalue weighted by molar-refractivity contribution is -0.162. The van der Waals surface area contributed by atoms with Crippen LogP contribution in [0.3, 0.4) is 0 Å². The molecule has 1 aliphatic heterocycles. The molecule has 2 atom stereocenters. The SMILES string of the molecule is CN1C(=O)C(C2C=CC=CCC2)(C2C=CC=CCC2)C(=O)N(C)C1=S. The van der Waals surface area contributed by atoms with Crippen LogP contribution in [-0.2, 0) is 9.59 Å². The summed E-state index contributed by atoms with van der Waals surface area (Å²) < 4.78 is 0. The fraction of sp³-hybridized carbons (Fsp3) is 0.450. The van der Waals surface area contributed by atoms with E-state index in [1.807, 2.05) is 36.5 Å². The molecule has 5 heteroatoms. The molecule has 2 amide bonds. The lowest BCUT2D eigenvalue weighted by atomic mass is 9.61. The Kier molecular flexibility index (Phi) is 5.04. The van der Waals surface area contributed by atoms with Gasteiger partial charge in [-0.05, 0) is 37.9 Å². The van der Waals surface area contributed by atoms with Crippen LogP contribution in [0.15, 0.2) is 48.6 Å². The van der Waals surface area contributed by atoms with Gasteiger partial charge >= 0.3 is 0 Å². The molecule has 0 bridgehead atoms. The lowest BCUT2D eigenvalue weighted by Gasteiger charge is -2.49. The molecule has 2 unspecified atom stereocenters. The van der Waals surface area contributed by atoms with E-state index in [1.54, 1.807) is 14.1 Å². The first kappa shape index (κ1) is 17.8. The van der Waals surface area contributed by atoms with E-state index < -0.39 is 5.41 Å². The van der Waals surface area contributed by atoms with Crippen LogP contribution < -0.4 is 0 Å². The number of carbonyl (C=O) groups is 2. The van der Waals surface area contributed by atoms with E-state index in [4.69, 9.17) is 12.2 Å². The third kappa shape index (κ3) is 2.80. The van der Waals surface area contributed by atoms with Gasteiger partial charge in [0.05, 0.1) is 0 Å². The van der Waals surface area contributed by atoms with Crippen molar-refractivity contribution >= 4 is 29.1 Å². The number of rotatable bonds is 2. The first-order valence-corrected chi connectivity index (χ1v) is 9.19. The maximum Gasteiger partial charge on any atom is 0.245 e. The average molecular weight is 356 g/mol. The van der Waals surface area contributed by atoms with E-state index in [0.29, 0.717) is 0 Å². The van der Waals surface area contributed by atoms with Gasteiger partial charge in [0, 0.05) is 25.9 Å². The molecule has 132 valence electrons. The quantitative estimate of drug-likeness (QED) is 0.563. The second kappa shape index (κ2) is 7.08. The Morgan fingerprint density at radius 3 is 1.76 bits per heavy atom. The van der Waals surface area contributed by atoms with Crippen molar-refractivity contribution in [1.29, 1.82) is 0 Å². The number of allylic oxidation sites excluding steroid dienone is 8. The molecule has 0 aromatic carbocycles. The lowest BCUT2D eigenvalue weighted by Crippen LogP contribution is -2.67. The number of hydrogen-bond acceptors (Lipinski definition) is 3. The number of carbonyl (C=O) groups excluding carboxylic acids is 2. The molecule has 0 saturated carbocycles. The molecule has 25 heavy (non-hydrogen) atoms. The molecule has 3 aliphatic rings. The smallest absolute Gasteiger partial charge is 0.245 e. The van der Waals surface area contributed by atoms with E-state index in [0.717, 1.165) is 25.7 Å². The minimum Gasteiger partial charge on any atom is -0.291 e. The Morgan fingerprint density at radius 1 is 0.880 bits per heavy atom. The first-order valence-electron chi connectivity index (χ1n) is 8.78. The maximum atomic E-state index is 13.5. The van der Waals surface area contributed by atoms with E-state index >= 15 is 0 Å². The molecule has 0 N–H and O–H groups in total. The van der Waals surface area contributed by atoms with Crippen molar-refractivity contribution in [3.8, 4) is 0 Å². The molecule has 1 fully saturated rings. The fourth-order valence-corrected chi connectivity index (χ4v) is 4.37. The van der Waals surface area contributed by atoms with Gasteiger partial charge in [-0.25, -0.2) is 0 Å². The highest BCUT2D eigenvalue weighted by molar-refractivity contribution is 7.80. The number of nitrogens with zero attached hydrogens (tertiary/aromatic N) is 2. The summed E-state index contributed by atoms with van der Waals surface area (Å²) in [5, 5.41) is 0.275. The predicted octanol–water partition coefficient (Wildman–Crippen LogP) is 3.23. The maximum absolute atomic E-state index is 13.5. The van der Waals surface area contributed by atoms with Gasteiger partial charge in [0.25, 0.3) is 0 Å². The van der Waals surface area contributed by atoms with Crippen molar-refractivity contribution in [2.24, 2.45) is 17.3 Å². The van der Waals surface area contributed by atoms with E-state index in [9.17, 15) is 9.59 Å². The largest absolute Gasteiger partial charge is 0.291 e. The standard InChI is InChI=1S/C20H24N2O2S/c1-21-17(23)20(18(24)22(2)19(21)25,15-11-7-3-4-8-12-15)16-13-9-5-6-10-14-16/h3-7,9,11,13,15-16H,8,10,12,14H2,1-2H3. The summed E-state index contributed by atoms with van der Waals surface area (Å²) in [7, 11) is 3.36. The molecule has 0 spiro atoms. The Labute approximate surface area is 154 Å². The van der Waals surface area contributed by atoms with Crippen LogP contribution in [0.4, 0.5) is 0 Å². The van der Waals surface area contributed by atoms with Crippen LogP contribution in [-0.4, -0.2) is 40.8 Å². The van der Waals surface area contributed by atoms with Crippen LogP contribution >= 0.6 is 12.2 Å². The molecule has 0 aromatic heterocycles. The van der Waals surface area contributed by atoms with Crippen LogP contribution in [0.1, 0.15) is 25.7 Å². The zero-order valence-corrected chi connectivity index (χ0v) is 15.5. The van der Waals surface area contributed by atoms with Crippen LogP contribution in [0, 0.1) is 17.3 Å². The van der Waals surface area contributed by atoms with E-state index in [2.05, 4.69) is 12.2 Å². The number of thiocarbonyl (C=S) groups is 1. The van der Waals surface area contributed by atoms with Crippen molar-refractivity contribution in [3.63, 3.8) is 0 Å². The summed E-state index contributed by atoms with van der Waals surface area (Å²) in [5.74, 6) is -0.645. The minimum absolute atomic E-state index is 0.150. The Hall–Kier alpha value is -2.01. The van der Waals surface area contributed by atoms with Gasteiger partial charge < -0.3 is 0 Å². The molecule has 0 aromatic rings. The van der Waals surface area contributed by atoms with Gasteiger partial charge in [-0.3, -0.25) is 19.4 Å². The summed E-state index contributed by atoms with van der Waals surface area (Å²) in [6.07, 6.45) is 19.4. The highest BCUT2D eigenvalue weighted by atomic mass is 32.1. The topological polar surface area (TPSA) is 40.6 Å². The molecule has 0 radical (unpaired) electrons. The molecule has 1 saturated heterocycles. The predicted molar refractivity (Wildman–Crippen MR) is 103 cm³/mol. The van der Waals surface area contributed by atoms with Crippen LogP contribution in [0.5, 0.6) is 0 Å². The number of amides is 2. The van der Waals surface area contributed by atoms with Gasteiger partial charge in [0.2, 0.25) is 11.8 Å². The van der Waals surface area contributed by atoms with Gasteiger partial charge in [0.1, 0.15) is 5.41 Å². The van der Waals surface area contributed by atoms with Gasteiger partial charge in [0.15, 0.2) is 5.11 Å². The summed E-state index contributed by atoms with van der Waals surface area (Å²) in [4.78, 5) is 30.0. The number of hydrogen-bond donors (Lipinski definition) is 0. The second-order valence-corrected chi connectivity index (χ2v) is 7.24. The molecule has 3 rings (SSSR count). The highest BCUT2D eigenvalue weighted by Gasteiger charge is 2.61. The Morgan fingerprint density at radius 2 is 1.32 bits per heavy atom. The van der Waals surface area contributed by atoms with E-state index in [1.165, 1.54) is 9.80 Å². The van der Waals surface area contributed by atoms with Gasteiger partial charge in [-0.15, -0.1) is 0 Å². The van der Waals surface area contributed by atoms with Crippen molar-refractivity contribution in [2.45, 2.75) is 25.7 Å². The van der Waals surface area contributed by atoms with Crippen LogP contribution in [0.25, 0.3) is 0 Å². The summed E-state index contributed by atoms with van der Waals surface area (Å²) in [5.41, 5.74) is -1.13. The van der Waals surface area contributed by atoms with Crippen molar-refractivity contribution in [1.82, 2.24) is 9.80 Å². The highest BCUT2D eigenvalue weighted by Crippen LogP contribution is 2.48. The second-order valence-electron chi connectivity index (χ2n) is 6.87. The molecule has 1 heterocycles. The summed E-state index contributed by atoms with van der Waals surface area (Å²) in [6.45, 7) is 0. The third-order valence-electron chi connectivity index (χ3n) is 5.53. The van der Waals surface area contributed by atoms with Crippen LogP contribution in [0.2, 0.25) is 0 Å². The van der Waals surface area contributed by atoms with Gasteiger partial charge in [-0.1, -0.05) is 48.6 Å². The molecular weight excluding hydrogens is 332 g/mol. The molecular formula is C20H24N2O2S. The Bertz CT molecular complexity index is 646. The first-order chi connectivity index (χ1) is 12.0. The zero-order valence-electron chi connectivity index (χ0n) is 14.7. The monoisotopic (exact) mass is 356 g/mol. The minimum atomic E-state index is -1.13. The normalized spacial score (nSPS) is 29.1. The third-order valence-corrected chi connectivity index (χ3v) is 6.08. The summed E-state index contributed by atoms with van der Waals surface area (Å²) in [6, 6.07) is 0. The van der Waals surface area contributed by atoms with Crippen molar-refractivity contribution < 1.29 is 9.59 Å².